The zero-order valence-electron chi connectivity index (χ0n) is 39.8. The maximum atomic E-state index is 13.2. The molecule has 0 spiro atoms. The number of amides is 1. The van der Waals surface area contributed by atoms with E-state index in [2.05, 4.69) is 56.5 Å². The molecule has 0 saturated heterocycles. The Balaban J connectivity index is 4.60. The van der Waals surface area contributed by atoms with Gasteiger partial charge in [-0.05, 0) is 44.9 Å². The summed E-state index contributed by atoms with van der Waals surface area (Å²) in [5, 5.41) is 23.7. The van der Waals surface area contributed by atoms with Crippen molar-refractivity contribution in [3.05, 3.63) is 85.1 Å². The molecular formula is C55H95NO5. The molecule has 61 heavy (non-hydrogen) atoms. The fraction of sp³-hybridized carbons (Fsp3) is 0.709. The van der Waals surface area contributed by atoms with Gasteiger partial charge in [-0.3, -0.25) is 9.59 Å². The smallest absolute Gasteiger partial charge is 0.306 e. The summed E-state index contributed by atoms with van der Waals surface area (Å²) in [5.74, 6) is -0.621. The van der Waals surface area contributed by atoms with Crippen LogP contribution in [0.5, 0.6) is 0 Å². The number of unbranched alkanes of at least 4 members (excludes halogenated alkanes) is 23. The Morgan fingerprint density at radius 3 is 1.51 bits per heavy atom. The predicted octanol–water partition coefficient (Wildman–Crippen LogP) is 15.2. The molecule has 0 aliphatic heterocycles. The third-order valence-electron chi connectivity index (χ3n) is 11.1. The molecule has 0 bridgehead atoms. The van der Waals surface area contributed by atoms with Gasteiger partial charge < -0.3 is 20.3 Å². The second-order valence-corrected chi connectivity index (χ2v) is 16.9. The van der Waals surface area contributed by atoms with Crippen LogP contribution in [0.25, 0.3) is 0 Å². The summed E-state index contributed by atoms with van der Waals surface area (Å²) >= 11 is 0. The molecule has 0 aliphatic carbocycles. The number of ether oxygens (including phenoxy) is 1. The monoisotopic (exact) mass is 850 g/mol. The molecule has 0 rings (SSSR count). The maximum absolute atomic E-state index is 13.2. The lowest BCUT2D eigenvalue weighted by molar-refractivity contribution is -0.150. The summed E-state index contributed by atoms with van der Waals surface area (Å²) in [6, 6.07) is -0.744. The molecule has 3 atom stereocenters. The minimum atomic E-state index is -0.822. The van der Waals surface area contributed by atoms with Crippen LogP contribution >= 0.6 is 0 Å². The third kappa shape index (κ3) is 43.5. The summed E-state index contributed by atoms with van der Waals surface area (Å²) in [5.41, 5.74) is 0. The van der Waals surface area contributed by atoms with Crippen LogP contribution in [-0.2, 0) is 14.3 Å². The minimum Gasteiger partial charge on any atom is -0.461 e. The molecule has 1 amide bonds. The van der Waals surface area contributed by atoms with Gasteiger partial charge in [0.15, 0.2) is 0 Å². The lowest BCUT2D eigenvalue weighted by Gasteiger charge is -2.24. The zero-order chi connectivity index (χ0) is 44.5. The molecule has 6 nitrogen and oxygen atoms in total. The van der Waals surface area contributed by atoms with Crippen molar-refractivity contribution in [2.45, 2.75) is 244 Å². The van der Waals surface area contributed by atoms with Gasteiger partial charge in [0.1, 0.15) is 6.10 Å². The molecule has 0 heterocycles. The van der Waals surface area contributed by atoms with E-state index in [1.165, 1.54) is 116 Å². The number of aliphatic hydroxyl groups excluding tert-OH is 2. The molecule has 0 aromatic carbocycles. The first-order chi connectivity index (χ1) is 30.0. The molecule has 0 fully saturated rings. The Morgan fingerprint density at radius 2 is 0.984 bits per heavy atom. The first-order valence-corrected chi connectivity index (χ1v) is 25.4. The molecule has 0 radical (unpaired) electrons. The Kier molecular flexibility index (Phi) is 45.7. The Hall–Kier alpha value is -2.96. The second kappa shape index (κ2) is 48.1. The van der Waals surface area contributed by atoms with Crippen LogP contribution in [-0.4, -0.2) is 46.9 Å². The van der Waals surface area contributed by atoms with Crippen LogP contribution < -0.4 is 5.32 Å². The van der Waals surface area contributed by atoms with Crippen LogP contribution in [0, 0.1) is 0 Å². The molecule has 3 N–H and O–H groups in total. The van der Waals surface area contributed by atoms with Gasteiger partial charge >= 0.3 is 5.97 Å². The van der Waals surface area contributed by atoms with Crippen LogP contribution in [0.1, 0.15) is 226 Å². The normalized spacial score (nSPS) is 14.0. The van der Waals surface area contributed by atoms with E-state index >= 15 is 0 Å². The van der Waals surface area contributed by atoms with Gasteiger partial charge in [-0.2, -0.15) is 0 Å². The highest BCUT2D eigenvalue weighted by molar-refractivity contribution is 5.77. The summed E-state index contributed by atoms with van der Waals surface area (Å²) in [7, 11) is 0. The third-order valence-corrected chi connectivity index (χ3v) is 11.1. The highest BCUT2D eigenvalue weighted by Gasteiger charge is 2.23. The number of hydrogen-bond acceptors (Lipinski definition) is 5. The van der Waals surface area contributed by atoms with Crippen molar-refractivity contribution in [3.8, 4) is 0 Å². The molecular weight excluding hydrogens is 755 g/mol. The summed E-state index contributed by atoms with van der Waals surface area (Å²) in [6.45, 7) is 6.19. The second-order valence-electron chi connectivity index (χ2n) is 16.9. The van der Waals surface area contributed by atoms with E-state index in [-0.39, 0.29) is 24.9 Å². The minimum absolute atomic E-state index is 0.0251. The zero-order valence-corrected chi connectivity index (χ0v) is 39.8. The van der Waals surface area contributed by atoms with Crippen molar-refractivity contribution in [2.75, 3.05) is 6.61 Å². The van der Waals surface area contributed by atoms with Crippen LogP contribution in [0.4, 0.5) is 0 Å². The van der Waals surface area contributed by atoms with Gasteiger partial charge in [0.05, 0.1) is 25.2 Å². The molecule has 0 saturated carbocycles. The number of rotatable bonds is 44. The van der Waals surface area contributed by atoms with Gasteiger partial charge in [-0.25, -0.2) is 0 Å². The van der Waals surface area contributed by atoms with Gasteiger partial charge in [0.25, 0.3) is 0 Å². The standard InChI is InChI=1S/C55H95NO5/c1-4-7-10-13-16-19-22-24-26-27-28-29-32-35-38-41-44-47-53(58)52(50-57)56-54(59)49-51(46-43-40-37-34-31-21-18-15-12-9-6-3)61-55(60)48-45-42-39-36-33-30-25-23-20-17-14-11-8-5-2/h8-9,11-12,15,17-18,20-21,31,34,37,40,43,51-53,57-58H,4-7,10,13-14,16,19,22-30,32-33,35-36,38-39,41-42,44-50H2,1-3H3,(H,56,59)/b11-8+,12-9+,18-15+,20-17+,31-21-,37-34-,43-40+. The van der Waals surface area contributed by atoms with Gasteiger partial charge in [-0.1, -0.05) is 247 Å². The molecule has 6 heteroatoms. The highest BCUT2D eigenvalue weighted by Crippen LogP contribution is 2.17. The SMILES string of the molecule is CC/C=C/C=C/C=C\C=C/C=C/CC(CC(=O)NC(CO)C(O)CCCCCCCCCCCCCCCCCCC)OC(=O)CCCCCCCCC/C=C/C/C=C/CC. The van der Waals surface area contributed by atoms with Crippen LogP contribution in [0.3, 0.4) is 0 Å². The largest absolute Gasteiger partial charge is 0.461 e. The molecule has 350 valence electrons. The fourth-order valence-electron chi connectivity index (χ4n) is 7.31. The van der Waals surface area contributed by atoms with Crippen LogP contribution in [0.15, 0.2) is 85.1 Å². The summed E-state index contributed by atoms with van der Waals surface area (Å²) < 4.78 is 5.83. The van der Waals surface area contributed by atoms with Crippen LogP contribution in [0.2, 0.25) is 0 Å². The number of carbonyl (C=O) groups is 2. The number of esters is 1. The summed E-state index contributed by atoms with van der Waals surface area (Å²) in [6.07, 6.45) is 62.4. The molecule has 0 aliphatic rings. The highest BCUT2D eigenvalue weighted by atomic mass is 16.5. The Bertz CT molecular complexity index is 1180. The first kappa shape index (κ1) is 58.0. The number of allylic oxidation sites excluding steroid dienone is 13. The van der Waals surface area contributed by atoms with E-state index in [1.807, 2.05) is 54.7 Å². The lowest BCUT2D eigenvalue weighted by atomic mass is 10.0. The van der Waals surface area contributed by atoms with E-state index in [9.17, 15) is 19.8 Å². The van der Waals surface area contributed by atoms with Crippen molar-refractivity contribution in [1.82, 2.24) is 5.32 Å². The fourth-order valence-corrected chi connectivity index (χ4v) is 7.31. The molecule has 0 aromatic heterocycles. The number of carbonyl (C=O) groups excluding carboxylic acids is 2. The van der Waals surface area contributed by atoms with Crippen molar-refractivity contribution < 1.29 is 24.5 Å². The predicted molar refractivity (Wildman–Crippen MR) is 264 cm³/mol. The van der Waals surface area contributed by atoms with Crippen molar-refractivity contribution in [1.29, 1.82) is 0 Å². The van der Waals surface area contributed by atoms with E-state index < -0.39 is 18.2 Å². The van der Waals surface area contributed by atoms with E-state index in [1.54, 1.807) is 0 Å². The lowest BCUT2D eigenvalue weighted by Crippen LogP contribution is -2.46. The number of hydrogen-bond donors (Lipinski definition) is 3. The summed E-state index contributed by atoms with van der Waals surface area (Å²) in [4.78, 5) is 26.0. The molecule has 0 aromatic rings. The van der Waals surface area contributed by atoms with E-state index in [0.717, 1.165) is 64.2 Å². The van der Waals surface area contributed by atoms with Crippen molar-refractivity contribution in [3.63, 3.8) is 0 Å². The average molecular weight is 850 g/mol. The van der Waals surface area contributed by atoms with Crippen molar-refractivity contribution >= 4 is 11.9 Å². The number of nitrogens with one attached hydrogen (secondary N) is 1. The van der Waals surface area contributed by atoms with E-state index in [0.29, 0.717) is 19.3 Å². The average Bonchev–Trinajstić information content (AvgIpc) is 3.25. The van der Waals surface area contributed by atoms with E-state index in [4.69, 9.17) is 4.74 Å². The Morgan fingerprint density at radius 1 is 0.525 bits per heavy atom. The van der Waals surface area contributed by atoms with Gasteiger partial charge in [-0.15, -0.1) is 0 Å². The van der Waals surface area contributed by atoms with Crippen molar-refractivity contribution in [2.24, 2.45) is 0 Å². The topological polar surface area (TPSA) is 95.9 Å². The van der Waals surface area contributed by atoms with Gasteiger partial charge in [0, 0.05) is 12.8 Å². The maximum Gasteiger partial charge on any atom is 0.306 e. The quantitative estimate of drug-likeness (QED) is 0.0246. The molecule has 3 unspecified atom stereocenters. The first-order valence-electron chi connectivity index (χ1n) is 25.4. The number of aliphatic hydroxyl groups is 2. The Labute approximate surface area is 376 Å². The van der Waals surface area contributed by atoms with Gasteiger partial charge in [0.2, 0.25) is 5.91 Å².